The highest BCUT2D eigenvalue weighted by Gasteiger charge is 2.46. The zero-order valence-corrected chi connectivity index (χ0v) is 12.3. The van der Waals surface area contributed by atoms with Gasteiger partial charge < -0.3 is 9.84 Å². The molecule has 0 heterocycles. The van der Waals surface area contributed by atoms with Crippen LogP contribution in [0.2, 0.25) is 0 Å². The number of rotatable bonds is 6. The first kappa shape index (κ1) is 13.0. The van der Waals surface area contributed by atoms with Crippen LogP contribution < -0.4 is 4.74 Å². The minimum Gasteiger partial charge on any atom is -0.492 e. The van der Waals surface area contributed by atoms with Gasteiger partial charge in [0.2, 0.25) is 0 Å². The summed E-state index contributed by atoms with van der Waals surface area (Å²) in [5, 5.41) is 9.02. The Hall–Kier alpha value is -1.03. The van der Waals surface area contributed by atoms with Crippen molar-refractivity contribution in [3.05, 3.63) is 28.2 Å². The molecule has 3 rings (SSSR count). The summed E-state index contributed by atoms with van der Waals surface area (Å²) in [5.74, 6) is 0.839. The fourth-order valence-electron chi connectivity index (χ4n) is 2.44. The highest BCUT2D eigenvalue weighted by atomic mass is 79.9. The molecule has 4 heteroatoms. The molecule has 0 radical (unpaired) electrons. The highest BCUT2D eigenvalue weighted by Crippen LogP contribution is 2.52. The summed E-state index contributed by atoms with van der Waals surface area (Å²) < 4.78 is 6.78. The van der Waals surface area contributed by atoms with Crippen LogP contribution in [0.25, 0.3) is 0 Å². The lowest BCUT2D eigenvalue weighted by molar-refractivity contribution is -0.137. The predicted octanol–water partition coefficient (Wildman–Crippen LogP) is 3.74. The Kier molecular flexibility index (Phi) is 3.29. The number of aliphatic carboxylic acids is 1. The average Bonchev–Trinajstić information content (AvgIpc) is 3.22. The molecule has 2 fully saturated rings. The van der Waals surface area contributed by atoms with Crippen LogP contribution in [0.5, 0.6) is 5.75 Å². The number of carbonyl (C=O) groups is 1. The number of carboxylic acids is 1. The van der Waals surface area contributed by atoms with Crippen molar-refractivity contribution in [2.75, 3.05) is 6.61 Å². The van der Waals surface area contributed by atoms with Gasteiger partial charge in [0.15, 0.2) is 0 Å². The first-order valence-corrected chi connectivity index (χ1v) is 7.53. The normalized spacial score (nSPS) is 20.1. The van der Waals surface area contributed by atoms with Crippen molar-refractivity contribution >= 4 is 21.9 Å². The van der Waals surface area contributed by atoms with Crippen molar-refractivity contribution < 1.29 is 14.6 Å². The lowest BCUT2D eigenvalue weighted by atomic mass is 9.92. The van der Waals surface area contributed by atoms with Gasteiger partial charge in [0.05, 0.1) is 17.5 Å². The molecule has 0 bridgehead atoms. The lowest BCUT2D eigenvalue weighted by Gasteiger charge is -2.16. The number of ether oxygens (including phenoxy) is 1. The monoisotopic (exact) mass is 324 g/mol. The summed E-state index contributed by atoms with van der Waals surface area (Å²) in [6.45, 7) is 0.772. The van der Waals surface area contributed by atoms with Crippen LogP contribution in [0.15, 0.2) is 22.7 Å². The molecule has 19 heavy (non-hydrogen) atoms. The van der Waals surface area contributed by atoms with Gasteiger partial charge in [-0.2, -0.15) is 0 Å². The van der Waals surface area contributed by atoms with Gasteiger partial charge in [0, 0.05) is 5.41 Å². The van der Waals surface area contributed by atoms with Crippen LogP contribution in [0.4, 0.5) is 0 Å². The molecule has 0 saturated heterocycles. The molecule has 2 aliphatic carbocycles. The van der Waals surface area contributed by atoms with Gasteiger partial charge in [-0.1, -0.05) is 6.07 Å². The number of carboxylic acid groups (broad SMARTS) is 1. The van der Waals surface area contributed by atoms with Gasteiger partial charge >= 0.3 is 5.97 Å². The molecule has 0 atom stereocenters. The molecule has 0 unspecified atom stereocenters. The maximum absolute atomic E-state index is 11.0. The highest BCUT2D eigenvalue weighted by molar-refractivity contribution is 9.10. The molecular formula is C15H17BrO3. The SMILES string of the molecule is O=C(O)CC1(c2ccc(Br)c(OCC3CC3)c2)CC1. The third-order valence-electron chi connectivity index (χ3n) is 4.06. The third-order valence-corrected chi connectivity index (χ3v) is 4.71. The molecular weight excluding hydrogens is 308 g/mol. The zero-order chi connectivity index (χ0) is 13.5. The minimum atomic E-state index is -0.721. The molecule has 1 N–H and O–H groups in total. The van der Waals surface area contributed by atoms with E-state index in [-0.39, 0.29) is 11.8 Å². The van der Waals surface area contributed by atoms with Crippen LogP contribution in [0, 0.1) is 5.92 Å². The van der Waals surface area contributed by atoms with E-state index in [1.807, 2.05) is 18.2 Å². The Labute approximate surface area is 121 Å². The van der Waals surface area contributed by atoms with Crippen molar-refractivity contribution in [3.8, 4) is 5.75 Å². The molecule has 3 nitrogen and oxygen atoms in total. The average molecular weight is 325 g/mol. The summed E-state index contributed by atoms with van der Waals surface area (Å²) in [6, 6.07) is 6.01. The van der Waals surface area contributed by atoms with Crippen LogP contribution in [0.3, 0.4) is 0 Å². The molecule has 0 amide bonds. The maximum atomic E-state index is 11.0. The van der Waals surface area contributed by atoms with Gasteiger partial charge in [0.1, 0.15) is 5.75 Å². The van der Waals surface area contributed by atoms with Gasteiger partial charge in [-0.3, -0.25) is 4.79 Å². The molecule has 1 aromatic carbocycles. The van der Waals surface area contributed by atoms with Crippen molar-refractivity contribution in [1.29, 1.82) is 0 Å². The first-order valence-electron chi connectivity index (χ1n) is 6.74. The molecule has 2 aliphatic rings. The van der Waals surface area contributed by atoms with E-state index in [0.717, 1.165) is 35.2 Å². The number of hydrogen-bond donors (Lipinski definition) is 1. The van der Waals surface area contributed by atoms with E-state index in [2.05, 4.69) is 15.9 Å². The molecule has 2 saturated carbocycles. The zero-order valence-electron chi connectivity index (χ0n) is 10.7. The van der Waals surface area contributed by atoms with Gasteiger partial charge in [-0.05, 0) is 65.2 Å². The van der Waals surface area contributed by atoms with E-state index in [1.54, 1.807) is 0 Å². The quantitative estimate of drug-likeness (QED) is 0.866. The summed E-state index contributed by atoms with van der Waals surface area (Å²) in [6.07, 6.45) is 4.67. The van der Waals surface area contributed by atoms with Crippen molar-refractivity contribution in [2.24, 2.45) is 5.92 Å². The fourth-order valence-corrected chi connectivity index (χ4v) is 2.80. The van der Waals surface area contributed by atoms with E-state index in [0.29, 0.717) is 5.92 Å². The second-order valence-electron chi connectivity index (χ2n) is 5.75. The Morgan fingerprint density at radius 1 is 1.42 bits per heavy atom. The lowest BCUT2D eigenvalue weighted by Crippen LogP contribution is -2.13. The second kappa shape index (κ2) is 4.82. The standard InChI is InChI=1S/C15H17BrO3/c16-12-4-3-11(15(5-6-15)8-14(17)18)7-13(12)19-9-10-1-2-10/h3-4,7,10H,1-2,5-6,8-9H2,(H,17,18). The molecule has 0 spiro atoms. The van der Waals surface area contributed by atoms with Crippen LogP contribution in [0.1, 0.15) is 37.7 Å². The van der Waals surface area contributed by atoms with Crippen molar-refractivity contribution in [2.45, 2.75) is 37.5 Å². The van der Waals surface area contributed by atoms with Crippen molar-refractivity contribution in [3.63, 3.8) is 0 Å². The predicted molar refractivity (Wildman–Crippen MR) is 75.5 cm³/mol. The van der Waals surface area contributed by atoms with Gasteiger partial charge in [-0.25, -0.2) is 0 Å². The van der Waals surface area contributed by atoms with Gasteiger partial charge in [0.25, 0.3) is 0 Å². The van der Waals surface area contributed by atoms with Crippen molar-refractivity contribution in [1.82, 2.24) is 0 Å². The summed E-state index contributed by atoms with van der Waals surface area (Å²) in [4.78, 5) is 11.0. The molecule has 0 aliphatic heterocycles. The maximum Gasteiger partial charge on any atom is 0.304 e. The third kappa shape index (κ3) is 2.94. The first-order chi connectivity index (χ1) is 9.09. The Balaban J connectivity index is 1.78. The van der Waals surface area contributed by atoms with E-state index in [9.17, 15) is 4.79 Å². The summed E-state index contributed by atoms with van der Waals surface area (Å²) in [7, 11) is 0. The van der Waals surface area contributed by atoms with Crippen LogP contribution in [-0.4, -0.2) is 17.7 Å². The summed E-state index contributed by atoms with van der Waals surface area (Å²) >= 11 is 3.50. The number of hydrogen-bond acceptors (Lipinski definition) is 2. The van der Waals surface area contributed by atoms with Gasteiger partial charge in [-0.15, -0.1) is 0 Å². The summed E-state index contributed by atoms with van der Waals surface area (Å²) in [5.41, 5.74) is 0.952. The van der Waals surface area contributed by atoms with E-state index >= 15 is 0 Å². The van der Waals surface area contributed by atoms with Crippen LogP contribution in [-0.2, 0) is 10.2 Å². The largest absolute Gasteiger partial charge is 0.492 e. The van der Waals surface area contributed by atoms with E-state index < -0.39 is 5.97 Å². The topological polar surface area (TPSA) is 46.5 Å². The number of halogens is 1. The number of benzene rings is 1. The smallest absolute Gasteiger partial charge is 0.304 e. The molecule has 102 valence electrons. The second-order valence-corrected chi connectivity index (χ2v) is 6.60. The van der Waals surface area contributed by atoms with E-state index in [4.69, 9.17) is 9.84 Å². The molecule has 1 aromatic rings. The van der Waals surface area contributed by atoms with Crippen LogP contribution >= 0.6 is 15.9 Å². The minimum absolute atomic E-state index is 0.149. The fraction of sp³-hybridized carbons (Fsp3) is 0.533. The Morgan fingerprint density at radius 3 is 2.74 bits per heavy atom. The Bertz CT molecular complexity index is 504. The Morgan fingerprint density at radius 2 is 2.16 bits per heavy atom. The molecule has 0 aromatic heterocycles. The van der Waals surface area contributed by atoms with E-state index in [1.165, 1.54) is 12.8 Å².